The highest BCUT2D eigenvalue weighted by molar-refractivity contribution is 5.48. The predicted molar refractivity (Wildman–Crippen MR) is 93.0 cm³/mol. The molecular formula is C19H32N2. The van der Waals surface area contributed by atoms with Crippen molar-refractivity contribution >= 4 is 5.69 Å². The molecule has 1 N–H and O–H groups in total. The maximum atomic E-state index is 3.55. The molecule has 0 radical (unpaired) electrons. The van der Waals surface area contributed by atoms with Gasteiger partial charge in [0.1, 0.15) is 0 Å². The van der Waals surface area contributed by atoms with Crippen LogP contribution in [0.2, 0.25) is 0 Å². The van der Waals surface area contributed by atoms with Crippen LogP contribution in [0.15, 0.2) is 24.3 Å². The molecule has 1 aromatic rings. The van der Waals surface area contributed by atoms with Gasteiger partial charge >= 0.3 is 0 Å². The van der Waals surface area contributed by atoms with Crippen molar-refractivity contribution in [2.24, 2.45) is 5.41 Å². The summed E-state index contributed by atoms with van der Waals surface area (Å²) in [5.41, 5.74) is 3.29. The lowest BCUT2D eigenvalue weighted by atomic mass is 9.85. The third-order valence-electron chi connectivity index (χ3n) is 4.80. The van der Waals surface area contributed by atoms with E-state index in [0.29, 0.717) is 11.5 Å². The highest BCUT2D eigenvalue weighted by atomic mass is 15.1. The first-order valence-corrected chi connectivity index (χ1v) is 8.60. The molecule has 0 aromatic heterocycles. The fourth-order valence-electron chi connectivity index (χ4n) is 3.13. The molecule has 1 aliphatic heterocycles. The van der Waals surface area contributed by atoms with Crippen molar-refractivity contribution in [1.82, 2.24) is 5.32 Å². The van der Waals surface area contributed by atoms with E-state index in [4.69, 9.17) is 0 Å². The summed E-state index contributed by atoms with van der Waals surface area (Å²) in [5.74, 6) is 0. The van der Waals surface area contributed by atoms with Gasteiger partial charge < -0.3 is 10.2 Å². The number of nitrogens with zero attached hydrogens (tertiary/aromatic N) is 1. The summed E-state index contributed by atoms with van der Waals surface area (Å²) in [5, 5.41) is 3.55. The van der Waals surface area contributed by atoms with Gasteiger partial charge in [-0.1, -0.05) is 32.9 Å². The molecule has 0 spiro atoms. The summed E-state index contributed by atoms with van der Waals surface area (Å²) in [4.78, 5) is 2.56. The second-order valence-electron chi connectivity index (χ2n) is 7.27. The van der Waals surface area contributed by atoms with Crippen molar-refractivity contribution in [3.05, 3.63) is 29.8 Å². The molecule has 1 aromatic carbocycles. The molecule has 1 aliphatic rings. The second kappa shape index (κ2) is 7.31. The number of benzene rings is 1. The molecule has 2 heteroatoms. The van der Waals surface area contributed by atoms with Crippen molar-refractivity contribution in [3.63, 3.8) is 0 Å². The zero-order chi connectivity index (χ0) is 15.3. The van der Waals surface area contributed by atoms with Gasteiger partial charge in [0.2, 0.25) is 0 Å². The van der Waals surface area contributed by atoms with Crippen molar-refractivity contribution in [3.8, 4) is 0 Å². The Balaban J connectivity index is 1.98. The molecule has 2 rings (SSSR count). The van der Waals surface area contributed by atoms with Gasteiger partial charge in [0, 0.05) is 24.8 Å². The Morgan fingerprint density at radius 3 is 2.52 bits per heavy atom. The summed E-state index contributed by atoms with van der Waals surface area (Å²) in [6.07, 6.45) is 5.14. The third-order valence-corrected chi connectivity index (χ3v) is 4.80. The fraction of sp³-hybridized carbons (Fsp3) is 0.684. The quantitative estimate of drug-likeness (QED) is 0.840. The fourth-order valence-corrected chi connectivity index (χ4v) is 3.13. The average Bonchev–Trinajstić information content (AvgIpc) is 2.66. The van der Waals surface area contributed by atoms with Gasteiger partial charge in [0.15, 0.2) is 0 Å². The zero-order valence-corrected chi connectivity index (χ0v) is 14.3. The topological polar surface area (TPSA) is 15.3 Å². The van der Waals surface area contributed by atoms with E-state index < -0.39 is 0 Å². The molecule has 21 heavy (non-hydrogen) atoms. The van der Waals surface area contributed by atoms with Crippen LogP contribution in [0, 0.1) is 5.41 Å². The summed E-state index contributed by atoms with van der Waals surface area (Å²) in [6.45, 7) is 12.7. The minimum atomic E-state index is 0.446. The highest BCUT2D eigenvalue weighted by Gasteiger charge is 2.23. The zero-order valence-electron chi connectivity index (χ0n) is 14.3. The van der Waals surface area contributed by atoms with Gasteiger partial charge in [-0.15, -0.1) is 0 Å². The summed E-state index contributed by atoms with van der Waals surface area (Å²) >= 11 is 0. The minimum Gasteiger partial charge on any atom is -0.372 e. The first kappa shape index (κ1) is 16.4. The smallest absolute Gasteiger partial charge is 0.0366 e. The number of hydrogen-bond donors (Lipinski definition) is 1. The first-order chi connectivity index (χ1) is 10.0. The van der Waals surface area contributed by atoms with Gasteiger partial charge in [0.25, 0.3) is 0 Å². The van der Waals surface area contributed by atoms with Crippen LogP contribution in [0.1, 0.15) is 65.0 Å². The van der Waals surface area contributed by atoms with Crippen LogP contribution in [0.5, 0.6) is 0 Å². The van der Waals surface area contributed by atoms with Crippen LogP contribution < -0.4 is 10.2 Å². The Morgan fingerprint density at radius 1 is 1.14 bits per heavy atom. The van der Waals surface area contributed by atoms with Crippen LogP contribution in [0.25, 0.3) is 0 Å². The van der Waals surface area contributed by atoms with Crippen LogP contribution in [0.4, 0.5) is 5.69 Å². The average molecular weight is 288 g/mol. The Labute approximate surface area is 130 Å². The number of anilines is 1. The van der Waals surface area contributed by atoms with E-state index in [9.17, 15) is 0 Å². The van der Waals surface area contributed by atoms with E-state index in [1.165, 1.54) is 50.0 Å². The SMILES string of the molecule is CCCNC(C)c1ccc(N2CCCC(C)(C)CC2)cc1. The minimum absolute atomic E-state index is 0.446. The van der Waals surface area contributed by atoms with Gasteiger partial charge in [-0.3, -0.25) is 0 Å². The van der Waals surface area contributed by atoms with Crippen LogP contribution in [0.3, 0.4) is 0 Å². The summed E-state index contributed by atoms with van der Waals surface area (Å²) in [7, 11) is 0. The van der Waals surface area contributed by atoms with Crippen LogP contribution in [-0.2, 0) is 0 Å². The first-order valence-electron chi connectivity index (χ1n) is 8.60. The van der Waals surface area contributed by atoms with Gasteiger partial charge in [-0.2, -0.15) is 0 Å². The van der Waals surface area contributed by atoms with E-state index >= 15 is 0 Å². The molecule has 2 nitrogen and oxygen atoms in total. The normalized spacial score (nSPS) is 20.1. The molecule has 0 aliphatic carbocycles. The van der Waals surface area contributed by atoms with E-state index in [2.05, 4.69) is 62.2 Å². The van der Waals surface area contributed by atoms with E-state index in [1.54, 1.807) is 0 Å². The van der Waals surface area contributed by atoms with E-state index in [1.807, 2.05) is 0 Å². The van der Waals surface area contributed by atoms with Crippen molar-refractivity contribution in [2.45, 2.75) is 59.4 Å². The number of rotatable bonds is 5. The Bertz CT molecular complexity index is 422. The summed E-state index contributed by atoms with van der Waals surface area (Å²) < 4.78 is 0. The number of hydrogen-bond acceptors (Lipinski definition) is 2. The van der Waals surface area contributed by atoms with Crippen LogP contribution >= 0.6 is 0 Å². The van der Waals surface area contributed by atoms with Gasteiger partial charge in [-0.05, 0) is 62.3 Å². The van der Waals surface area contributed by atoms with Crippen molar-refractivity contribution < 1.29 is 0 Å². The second-order valence-corrected chi connectivity index (χ2v) is 7.27. The van der Waals surface area contributed by atoms with Crippen molar-refractivity contribution in [1.29, 1.82) is 0 Å². The highest BCUT2D eigenvalue weighted by Crippen LogP contribution is 2.31. The summed E-state index contributed by atoms with van der Waals surface area (Å²) in [6, 6.07) is 9.63. The van der Waals surface area contributed by atoms with E-state index in [0.717, 1.165) is 6.54 Å². The maximum absolute atomic E-state index is 3.55. The number of nitrogens with one attached hydrogen (secondary N) is 1. The molecule has 0 bridgehead atoms. The molecule has 1 heterocycles. The Morgan fingerprint density at radius 2 is 1.86 bits per heavy atom. The molecule has 1 saturated heterocycles. The lowest BCUT2D eigenvalue weighted by molar-refractivity contribution is 0.325. The largest absolute Gasteiger partial charge is 0.372 e. The molecule has 118 valence electrons. The monoisotopic (exact) mass is 288 g/mol. The molecule has 1 unspecified atom stereocenters. The molecule has 1 atom stereocenters. The van der Waals surface area contributed by atoms with E-state index in [-0.39, 0.29) is 0 Å². The lowest BCUT2D eigenvalue weighted by Crippen LogP contribution is -2.25. The van der Waals surface area contributed by atoms with Crippen molar-refractivity contribution in [2.75, 3.05) is 24.5 Å². The van der Waals surface area contributed by atoms with Gasteiger partial charge in [-0.25, -0.2) is 0 Å². The Hall–Kier alpha value is -1.02. The maximum Gasteiger partial charge on any atom is 0.0366 e. The third kappa shape index (κ3) is 4.74. The molecule has 0 saturated carbocycles. The standard InChI is InChI=1S/C19H32N2/c1-5-13-20-16(2)17-7-9-18(10-8-17)21-14-6-11-19(3,4)12-15-21/h7-10,16,20H,5-6,11-15H2,1-4H3. The predicted octanol–water partition coefficient (Wildman–Crippen LogP) is 4.76. The molecular weight excluding hydrogens is 256 g/mol. The molecule has 1 fully saturated rings. The Kier molecular flexibility index (Phi) is 5.69. The molecule has 0 amide bonds. The van der Waals surface area contributed by atoms with Crippen LogP contribution in [-0.4, -0.2) is 19.6 Å². The lowest BCUT2D eigenvalue weighted by Gasteiger charge is -2.25. The van der Waals surface area contributed by atoms with Gasteiger partial charge in [0.05, 0.1) is 0 Å².